The predicted molar refractivity (Wildman–Crippen MR) is 130 cm³/mol. The van der Waals surface area contributed by atoms with Crippen molar-refractivity contribution >= 4 is 12.1 Å². The summed E-state index contributed by atoms with van der Waals surface area (Å²) in [7, 11) is 4.78. The lowest BCUT2D eigenvalue weighted by atomic mass is 9.46. The van der Waals surface area contributed by atoms with Crippen LogP contribution in [0.5, 0.6) is 0 Å². The molecule has 4 aliphatic carbocycles. The Balaban J connectivity index is 1.50. The summed E-state index contributed by atoms with van der Waals surface area (Å²) in [5, 5.41) is 0. The second kappa shape index (κ2) is 9.28. The molecule has 0 aromatic carbocycles. The van der Waals surface area contributed by atoms with Gasteiger partial charge in [0, 0.05) is 44.8 Å². The van der Waals surface area contributed by atoms with E-state index in [0.29, 0.717) is 24.2 Å². The SMILES string of the molecule is COC(=O)OC1C=C2CC(OC(C)=O)C3OC3[C@]2(C)[C@H]2CC[C@]3(C)[C@@H](C(C)C(OC)OC)CC[C@H]3[C@H]12. The van der Waals surface area contributed by atoms with Crippen molar-refractivity contribution in [3.8, 4) is 0 Å². The van der Waals surface area contributed by atoms with Crippen LogP contribution in [0.4, 0.5) is 4.79 Å². The minimum absolute atomic E-state index is 0.0280. The van der Waals surface area contributed by atoms with Crippen LogP contribution in [0.2, 0.25) is 0 Å². The molecule has 5 rings (SSSR count). The first kappa shape index (κ1) is 26.0. The second-order valence-corrected chi connectivity index (χ2v) is 12.1. The highest BCUT2D eigenvalue weighted by atomic mass is 16.7. The van der Waals surface area contributed by atoms with Crippen molar-refractivity contribution in [1.29, 1.82) is 0 Å². The Hall–Kier alpha value is -1.64. The molecule has 0 amide bonds. The molecule has 0 radical (unpaired) electrons. The number of ether oxygens (including phenoxy) is 6. The highest BCUT2D eigenvalue weighted by Gasteiger charge is 2.70. The van der Waals surface area contributed by atoms with Crippen LogP contribution in [-0.4, -0.2) is 64.2 Å². The fourth-order valence-corrected chi connectivity index (χ4v) is 9.20. The van der Waals surface area contributed by atoms with Crippen LogP contribution in [0.3, 0.4) is 0 Å². The monoisotopic (exact) mass is 506 g/mol. The Morgan fingerprint density at radius 3 is 2.42 bits per heavy atom. The molecule has 1 saturated heterocycles. The number of carbonyl (C=O) groups excluding carboxylic acids is 2. The van der Waals surface area contributed by atoms with E-state index in [9.17, 15) is 9.59 Å². The van der Waals surface area contributed by atoms with E-state index in [1.165, 1.54) is 19.6 Å². The molecule has 3 saturated carbocycles. The third-order valence-corrected chi connectivity index (χ3v) is 10.8. The van der Waals surface area contributed by atoms with Gasteiger partial charge in [0.1, 0.15) is 18.3 Å². The zero-order valence-electron chi connectivity index (χ0n) is 22.7. The van der Waals surface area contributed by atoms with Gasteiger partial charge in [0.2, 0.25) is 0 Å². The normalized spacial score (nSPS) is 45.4. The maximum absolute atomic E-state index is 12.4. The Morgan fingerprint density at radius 1 is 1.06 bits per heavy atom. The van der Waals surface area contributed by atoms with Gasteiger partial charge < -0.3 is 28.4 Å². The van der Waals surface area contributed by atoms with E-state index in [-0.39, 0.29) is 59.3 Å². The summed E-state index contributed by atoms with van der Waals surface area (Å²) in [5.41, 5.74) is 1.12. The van der Waals surface area contributed by atoms with Crippen LogP contribution in [-0.2, 0) is 33.2 Å². The smallest absolute Gasteiger partial charge is 0.459 e. The quantitative estimate of drug-likeness (QED) is 0.225. The summed E-state index contributed by atoms with van der Waals surface area (Å²) in [6, 6.07) is 0. The van der Waals surface area contributed by atoms with Gasteiger partial charge in [0.15, 0.2) is 6.29 Å². The molecule has 36 heavy (non-hydrogen) atoms. The molecular formula is C28H42O8. The van der Waals surface area contributed by atoms with Gasteiger partial charge in [-0.25, -0.2) is 4.79 Å². The molecule has 202 valence electrons. The zero-order chi connectivity index (χ0) is 26.0. The van der Waals surface area contributed by atoms with Crippen LogP contribution >= 0.6 is 0 Å². The molecule has 0 N–H and O–H groups in total. The van der Waals surface area contributed by atoms with E-state index in [1.807, 2.05) is 0 Å². The zero-order valence-corrected chi connectivity index (χ0v) is 22.7. The van der Waals surface area contributed by atoms with Gasteiger partial charge in [-0.2, -0.15) is 0 Å². The Labute approximate surface area is 214 Å². The van der Waals surface area contributed by atoms with Crippen molar-refractivity contribution in [3.05, 3.63) is 11.6 Å². The van der Waals surface area contributed by atoms with Crippen LogP contribution < -0.4 is 0 Å². The number of rotatable bonds is 6. The van der Waals surface area contributed by atoms with E-state index in [1.54, 1.807) is 14.2 Å². The van der Waals surface area contributed by atoms with Crippen molar-refractivity contribution < 1.29 is 38.0 Å². The largest absolute Gasteiger partial charge is 0.508 e. The van der Waals surface area contributed by atoms with E-state index in [0.717, 1.165) is 25.7 Å². The summed E-state index contributed by atoms with van der Waals surface area (Å²) >= 11 is 0. The Kier molecular flexibility index (Phi) is 6.70. The lowest BCUT2D eigenvalue weighted by Crippen LogP contribution is -2.58. The molecule has 11 atom stereocenters. The Morgan fingerprint density at radius 2 is 1.78 bits per heavy atom. The van der Waals surface area contributed by atoms with E-state index in [2.05, 4.69) is 26.8 Å². The lowest BCUT2D eigenvalue weighted by molar-refractivity contribution is -0.165. The van der Waals surface area contributed by atoms with Gasteiger partial charge in [-0.05, 0) is 54.9 Å². The van der Waals surface area contributed by atoms with Crippen molar-refractivity contribution in [3.63, 3.8) is 0 Å². The highest BCUT2D eigenvalue weighted by molar-refractivity contribution is 5.66. The first-order valence-corrected chi connectivity index (χ1v) is 13.4. The summed E-state index contributed by atoms with van der Waals surface area (Å²) in [6.07, 6.45) is 5.50. The average molecular weight is 507 g/mol. The van der Waals surface area contributed by atoms with Gasteiger partial charge in [-0.1, -0.05) is 26.3 Å². The number of methoxy groups -OCH3 is 3. The van der Waals surface area contributed by atoms with Crippen molar-refractivity contribution in [2.75, 3.05) is 21.3 Å². The van der Waals surface area contributed by atoms with Gasteiger partial charge >= 0.3 is 12.1 Å². The number of esters is 1. The van der Waals surface area contributed by atoms with Crippen molar-refractivity contribution in [2.45, 2.75) is 90.5 Å². The summed E-state index contributed by atoms with van der Waals surface area (Å²) in [5.74, 6) is 1.30. The molecule has 5 unspecified atom stereocenters. The summed E-state index contributed by atoms with van der Waals surface area (Å²) < 4.78 is 34.1. The van der Waals surface area contributed by atoms with Gasteiger partial charge in [0.25, 0.3) is 0 Å². The minimum Gasteiger partial charge on any atom is -0.459 e. The average Bonchev–Trinajstić information content (AvgIpc) is 3.57. The lowest BCUT2D eigenvalue weighted by Gasteiger charge is -2.59. The molecule has 0 aromatic rings. The number of epoxide rings is 1. The van der Waals surface area contributed by atoms with Crippen LogP contribution in [0.25, 0.3) is 0 Å². The van der Waals surface area contributed by atoms with Gasteiger partial charge in [-0.15, -0.1) is 0 Å². The maximum Gasteiger partial charge on any atom is 0.508 e. The van der Waals surface area contributed by atoms with E-state index in [4.69, 9.17) is 28.4 Å². The molecule has 1 heterocycles. The topological polar surface area (TPSA) is 92.8 Å². The highest BCUT2D eigenvalue weighted by Crippen LogP contribution is 2.69. The predicted octanol–water partition coefficient (Wildman–Crippen LogP) is 4.50. The molecule has 4 fully saturated rings. The number of hydrogen-bond donors (Lipinski definition) is 0. The third kappa shape index (κ3) is 3.81. The first-order valence-electron chi connectivity index (χ1n) is 13.4. The molecule has 5 aliphatic rings. The molecule has 8 heteroatoms. The molecule has 8 nitrogen and oxygen atoms in total. The maximum atomic E-state index is 12.4. The van der Waals surface area contributed by atoms with E-state index >= 15 is 0 Å². The first-order chi connectivity index (χ1) is 17.1. The summed E-state index contributed by atoms with van der Waals surface area (Å²) in [6.45, 7) is 8.43. The third-order valence-electron chi connectivity index (χ3n) is 10.8. The second-order valence-electron chi connectivity index (χ2n) is 12.1. The van der Waals surface area contributed by atoms with Crippen LogP contribution in [0.15, 0.2) is 11.6 Å². The number of hydrogen-bond acceptors (Lipinski definition) is 8. The fraction of sp³-hybridized carbons (Fsp3) is 0.857. The van der Waals surface area contributed by atoms with Gasteiger partial charge in [-0.3, -0.25) is 4.79 Å². The molecule has 0 aromatic heterocycles. The molecular weight excluding hydrogens is 464 g/mol. The van der Waals surface area contributed by atoms with E-state index < -0.39 is 6.16 Å². The summed E-state index contributed by atoms with van der Waals surface area (Å²) in [4.78, 5) is 24.1. The minimum atomic E-state index is -0.652. The molecule has 0 spiro atoms. The number of carbonyl (C=O) groups is 2. The van der Waals surface area contributed by atoms with Crippen molar-refractivity contribution in [1.82, 2.24) is 0 Å². The van der Waals surface area contributed by atoms with Crippen molar-refractivity contribution in [2.24, 2.45) is 40.4 Å². The fourth-order valence-electron chi connectivity index (χ4n) is 9.20. The standard InChI is InChI=1S/C28H42O8/c1-14(25(31-5)32-6)17-8-9-18-22-19(10-11-27(17,18)3)28(4)16(12-20(22)35-26(30)33-7)13-21(34-15(2)29)23-24(28)36-23/h12,14,17-25H,8-11,13H2,1-7H3/t14?,17-,18+,19+,20?,21?,22+,23?,24?,27-,28+/m1/s1. The number of fused-ring (bicyclic) bond motifs is 7. The van der Waals surface area contributed by atoms with Gasteiger partial charge in [0.05, 0.1) is 13.2 Å². The van der Waals surface area contributed by atoms with Crippen LogP contribution in [0.1, 0.15) is 59.8 Å². The molecule has 0 bridgehead atoms. The Bertz CT molecular complexity index is 913. The van der Waals surface area contributed by atoms with Crippen LogP contribution in [0, 0.1) is 40.4 Å². The molecule has 1 aliphatic heterocycles.